The van der Waals surface area contributed by atoms with Gasteiger partial charge in [0.2, 0.25) is 11.8 Å². The molecule has 0 spiro atoms. The average molecular weight is 302 g/mol. The highest BCUT2D eigenvalue weighted by atomic mass is 16.2. The van der Waals surface area contributed by atoms with Gasteiger partial charge in [0.25, 0.3) is 0 Å². The van der Waals surface area contributed by atoms with Gasteiger partial charge in [-0.05, 0) is 24.8 Å². The molecule has 0 aromatic carbocycles. The van der Waals surface area contributed by atoms with Gasteiger partial charge in [-0.25, -0.2) is 0 Å². The third-order valence-electron chi connectivity index (χ3n) is 5.22. The molecule has 2 fully saturated rings. The fourth-order valence-corrected chi connectivity index (χ4v) is 3.74. The van der Waals surface area contributed by atoms with Crippen LogP contribution in [0.25, 0.3) is 0 Å². The summed E-state index contributed by atoms with van der Waals surface area (Å²) in [7, 11) is 0. The van der Waals surface area contributed by atoms with Crippen molar-refractivity contribution in [2.45, 2.75) is 38.8 Å². The molecule has 0 radical (unpaired) electrons. The van der Waals surface area contributed by atoms with E-state index in [0.717, 1.165) is 25.1 Å². The van der Waals surface area contributed by atoms with Crippen LogP contribution in [0.4, 0.5) is 0 Å². The van der Waals surface area contributed by atoms with Gasteiger partial charge in [0.1, 0.15) is 0 Å². The maximum Gasteiger partial charge on any atom is 0.226 e. The summed E-state index contributed by atoms with van der Waals surface area (Å²) in [4.78, 5) is 28.3. The number of aromatic nitrogens is 2. The molecule has 6 nitrogen and oxygen atoms in total. The lowest BCUT2D eigenvalue weighted by atomic mass is 10.1. The Kier molecular flexibility index (Phi) is 3.20. The first-order chi connectivity index (χ1) is 10.6. The van der Waals surface area contributed by atoms with Crippen LogP contribution < -0.4 is 0 Å². The summed E-state index contributed by atoms with van der Waals surface area (Å²) in [5.74, 6) is 1.24. The molecule has 1 aliphatic carbocycles. The second-order valence-corrected chi connectivity index (χ2v) is 6.90. The average Bonchev–Trinajstić information content (AvgIpc) is 2.89. The van der Waals surface area contributed by atoms with Gasteiger partial charge in [0.05, 0.1) is 18.3 Å². The lowest BCUT2D eigenvalue weighted by Crippen LogP contribution is -2.46. The zero-order chi connectivity index (χ0) is 15.3. The molecule has 0 bridgehead atoms. The summed E-state index contributed by atoms with van der Waals surface area (Å²) >= 11 is 0. The van der Waals surface area contributed by atoms with Crippen LogP contribution in [0.15, 0.2) is 12.3 Å². The van der Waals surface area contributed by atoms with Gasteiger partial charge in [-0.3, -0.25) is 14.3 Å². The van der Waals surface area contributed by atoms with Crippen molar-refractivity contribution >= 4 is 11.8 Å². The quantitative estimate of drug-likeness (QED) is 0.838. The van der Waals surface area contributed by atoms with Crippen LogP contribution in [-0.2, 0) is 16.1 Å². The molecule has 1 saturated heterocycles. The van der Waals surface area contributed by atoms with Crippen molar-refractivity contribution in [2.75, 3.05) is 19.6 Å². The van der Waals surface area contributed by atoms with E-state index in [0.29, 0.717) is 32.0 Å². The number of nitrogens with zero attached hydrogens (tertiary/aromatic N) is 4. The summed E-state index contributed by atoms with van der Waals surface area (Å²) < 4.78 is 2.01. The predicted octanol–water partition coefficient (Wildman–Crippen LogP) is 1.04. The van der Waals surface area contributed by atoms with E-state index in [1.165, 1.54) is 0 Å². The highest BCUT2D eigenvalue weighted by Gasteiger charge is 2.43. The van der Waals surface area contributed by atoms with E-state index in [9.17, 15) is 9.59 Å². The summed E-state index contributed by atoms with van der Waals surface area (Å²) in [6.45, 7) is 4.95. The Morgan fingerprint density at radius 3 is 2.95 bits per heavy atom. The van der Waals surface area contributed by atoms with Crippen molar-refractivity contribution in [1.82, 2.24) is 19.6 Å². The predicted molar refractivity (Wildman–Crippen MR) is 79.8 cm³/mol. The first-order valence-corrected chi connectivity index (χ1v) is 8.22. The number of hydrogen-bond donors (Lipinski definition) is 0. The third-order valence-corrected chi connectivity index (χ3v) is 5.22. The Morgan fingerprint density at radius 1 is 1.45 bits per heavy atom. The Labute approximate surface area is 130 Å². The monoisotopic (exact) mass is 302 g/mol. The SMILES string of the molecule is C[C@@H]1C[C@@H]1C(=O)N1Cc2ccnn2[C@H](CN2CCCC2=O)C1. The maximum atomic E-state index is 12.6. The molecule has 1 aromatic heterocycles. The molecule has 118 valence electrons. The van der Waals surface area contributed by atoms with E-state index in [1.54, 1.807) is 6.20 Å². The van der Waals surface area contributed by atoms with Crippen LogP contribution in [0, 0.1) is 11.8 Å². The van der Waals surface area contributed by atoms with Crippen molar-refractivity contribution in [1.29, 1.82) is 0 Å². The van der Waals surface area contributed by atoms with Crippen LogP contribution in [0.5, 0.6) is 0 Å². The topological polar surface area (TPSA) is 58.4 Å². The Balaban J connectivity index is 1.52. The zero-order valence-electron chi connectivity index (χ0n) is 12.9. The highest BCUT2D eigenvalue weighted by molar-refractivity contribution is 5.81. The van der Waals surface area contributed by atoms with Gasteiger partial charge in [-0.2, -0.15) is 5.10 Å². The third kappa shape index (κ3) is 2.30. The van der Waals surface area contributed by atoms with Crippen molar-refractivity contribution in [3.05, 3.63) is 18.0 Å². The number of hydrogen-bond acceptors (Lipinski definition) is 3. The first-order valence-electron chi connectivity index (χ1n) is 8.22. The standard InChI is InChI=1S/C16H22N4O2/c1-11-7-14(11)16(22)19-8-12-4-5-17-20(12)13(10-19)9-18-6-2-3-15(18)21/h4-5,11,13-14H,2-3,6-10H2,1H3/t11-,13-,14+/m1/s1. The van der Waals surface area contributed by atoms with Gasteiger partial charge in [0.15, 0.2) is 0 Å². The van der Waals surface area contributed by atoms with Crippen LogP contribution in [0.3, 0.4) is 0 Å². The van der Waals surface area contributed by atoms with Gasteiger partial charge in [-0.1, -0.05) is 6.92 Å². The molecule has 1 saturated carbocycles. The van der Waals surface area contributed by atoms with Gasteiger partial charge >= 0.3 is 0 Å². The fourth-order valence-electron chi connectivity index (χ4n) is 3.74. The Bertz CT molecular complexity index is 611. The minimum atomic E-state index is 0.0822. The first kappa shape index (κ1) is 13.8. The fraction of sp³-hybridized carbons (Fsp3) is 0.688. The Morgan fingerprint density at radius 2 is 2.27 bits per heavy atom. The van der Waals surface area contributed by atoms with Gasteiger partial charge in [-0.15, -0.1) is 0 Å². The maximum absolute atomic E-state index is 12.6. The number of likely N-dealkylation sites (tertiary alicyclic amines) is 1. The number of carbonyl (C=O) groups is 2. The van der Waals surface area contributed by atoms with Crippen molar-refractivity contribution in [3.63, 3.8) is 0 Å². The van der Waals surface area contributed by atoms with Crippen molar-refractivity contribution < 1.29 is 9.59 Å². The molecule has 3 atom stereocenters. The normalized spacial score (nSPS) is 30.6. The molecule has 2 aliphatic heterocycles. The highest BCUT2D eigenvalue weighted by Crippen LogP contribution is 2.40. The van der Waals surface area contributed by atoms with E-state index in [2.05, 4.69) is 12.0 Å². The van der Waals surface area contributed by atoms with Crippen LogP contribution in [0.2, 0.25) is 0 Å². The molecule has 22 heavy (non-hydrogen) atoms. The number of rotatable bonds is 3. The molecule has 2 amide bonds. The lowest BCUT2D eigenvalue weighted by molar-refractivity contribution is -0.135. The van der Waals surface area contributed by atoms with Gasteiger partial charge < -0.3 is 9.80 Å². The minimum Gasteiger partial charge on any atom is -0.340 e. The van der Waals surface area contributed by atoms with Crippen LogP contribution in [-0.4, -0.2) is 51.0 Å². The molecule has 0 unspecified atom stereocenters. The summed E-state index contributed by atoms with van der Waals surface area (Å²) in [6, 6.07) is 2.06. The molecular weight excluding hydrogens is 280 g/mol. The van der Waals surface area contributed by atoms with Crippen molar-refractivity contribution in [2.24, 2.45) is 11.8 Å². The lowest BCUT2D eigenvalue weighted by Gasteiger charge is -2.36. The number of amides is 2. The summed E-state index contributed by atoms with van der Waals surface area (Å²) in [5, 5.41) is 4.42. The number of carbonyl (C=O) groups excluding carboxylic acids is 2. The molecular formula is C16H22N4O2. The van der Waals surface area contributed by atoms with E-state index in [-0.39, 0.29) is 23.8 Å². The smallest absolute Gasteiger partial charge is 0.226 e. The second kappa shape index (κ2) is 5.11. The van der Waals surface area contributed by atoms with Gasteiger partial charge in [0, 0.05) is 38.2 Å². The van der Waals surface area contributed by atoms with Crippen LogP contribution in [0.1, 0.15) is 37.9 Å². The molecule has 4 rings (SSSR count). The molecule has 0 N–H and O–H groups in total. The minimum absolute atomic E-state index is 0.0822. The Hall–Kier alpha value is -1.85. The van der Waals surface area contributed by atoms with E-state index < -0.39 is 0 Å². The summed E-state index contributed by atoms with van der Waals surface area (Å²) in [6.07, 6.45) is 4.41. The van der Waals surface area contributed by atoms with E-state index in [4.69, 9.17) is 0 Å². The molecule has 3 aliphatic rings. The van der Waals surface area contributed by atoms with Crippen molar-refractivity contribution in [3.8, 4) is 0 Å². The molecule has 6 heteroatoms. The summed E-state index contributed by atoms with van der Waals surface area (Å²) in [5.41, 5.74) is 1.07. The largest absolute Gasteiger partial charge is 0.340 e. The number of fused-ring (bicyclic) bond motifs is 1. The second-order valence-electron chi connectivity index (χ2n) is 6.90. The zero-order valence-corrected chi connectivity index (χ0v) is 12.9. The van der Waals surface area contributed by atoms with E-state index in [1.807, 2.05) is 20.5 Å². The van der Waals surface area contributed by atoms with E-state index >= 15 is 0 Å². The molecule has 1 aromatic rings. The van der Waals surface area contributed by atoms with Crippen LogP contribution >= 0.6 is 0 Å². The molecule has 3 heterocycles.